The molecule has 1 saturated heterocycles. The molecule has 0 atom stereocenters. The van der Waals surface area contributed by atoms with Crippen molar-refractivity contribution < 1.29 is 0 Å². The predicted molar refractivity (Wildman–Crippen MR) is 103 cm³/mol. The molecule has 2 aromatic carbocycles. The fourth-order valence-corrected chi connectivity index (χ4v) is 3.30. The largest absolute Gasteiger partial charge is 0.352 e. The molecule has 1 fully saturated rings. The Hall–Kier alpha value is -1.96. The van der Waals surface area contributed by atoms with Crippen LogP contribution in [0.1, 0.15) is 36.1 Å². The van der Waals surface area contributed by atoms with Gasteiger partial charge in [-0.2, -0.15) is 0 Å². The van der Waals surface area contributed by atoms with E-state index < -0.39 is 0 Å². The highest BCUT2D eigenvalue weighted by molar-refractivity contribution is 5.61. The molecule has 0 bridgehead atoms. The van der Waals surface area contributed by atoms with E-state index in [1.807, 2.05) is 13.8 Å². The first-order valence-electron chi connectivity index (χ1n) is 8.69. The molecule has 3 rings (SSSR count). The molecule has 0 aromatic heterocycles. The highest BCUT2D eigenvalue weighted by Crippen LogP contribution is 2.28. The quantitative estimate of drug-likeness (QED) is 0.749. The van der Waals surface area contributed by atoms with Crippen LogP contribution in [-0.4, -0.2) is 19.8 Å². The average molecular weight is 310 g/mol. The number of rotatable bonds is 2. The summed E-state index contributed by atoms with van der Waals surface area (Å²) in [5, 5.41) is 0. The van der Waals surface area contributed by atoms with Gasteiger partial charge in [0.2, 0.25) is 0 Å². The van der Waals surface area contributed by atoms with E-state index in [-0.39, 0.29) is 0 Å². The van der Waals surface area contributed by atoms with Crippen molar-refractivity contribution in [2.45, 2.75) is 41.5 Å². The van der Waals surface area contributed by atoms with Gasteiger partial charge < -0.3 is 9.80 Å². The van der Waals surface area contributed by atoms with Gasteiger partial charge in [0.25, 0.3) is 0 Å². The van der Waals surface area contributed by atoms with Gasteiger partial charge >= 0.3 is 0 Å². The first kappa shape index (κ1) is 17.4. The summed E-state index contributed by atoms with van der Waals surface area (Å²) in [4.78, 5) is 4.96. The van der Waals surface area contributed by atoms with Crippen LogP contribution in [-0.2, 0) is 0 Å². The second kappa shape index (κ2) is 7.54. The Kier molecular flexibility index (Phi) is 5.70. The minimum absolute atomic E-state index is 0.980. The van der Waals surface area contributed by atoms with Gasteiger partial charge in [-0.05, 0) is 51.0 Å². The lowest BCUT2D eigenvalue weighted by Crippen LogP contribution is -2.25. The zero-order chi connectivity index (χ0) is 17.0. The van der Waals surface area contributed by atoms with E-state index in [4.69, 9.17) is 0 Å². The molecule has 0 aliphatic carbocycles. The topological polar surface area (TPSA) is 6.48 Å². The van der Waals surface area contributed by atoms with Crippen molar-refractivity contribution in [1.29, 1.82) is 0 Å². The third-order valence-corrected chi connectivity index (χ3v) is 4.37. The van der Waals surface area contributed by atoms with E-state index >= 15 is 0 Å². The molecule has 2 aromatic rings. The molecule has 1 heterocycles. The standard InChI is InChI=1S/C19H24N2.C2H6/c1-14-5-7-18(16(3)11-14)20-9-10-21(13-20)19-8-6-15(2)12-17(19)4;1-2/h5-8,11-12H,9-10,13H2,1-4H3;1-2H3. The SMILES string of the molecule is CC.Cc1ccc(N2CCN(c3ccc(C)cc3C)C2)c(C)c1. The average Bonchev–Trinajstić information content (AvgIpc) is 2.98. The molecule has 124 valence electrons. The Balaban J connectivity index is 0.000000924. The highest BCUT2D eigenvalue weighted by atomic mass is 15.4. The van der Waals surface area contributed by atoms with Gasteiger partial charge in [-0.15, -0.1) is 0 Å². The van der Waals surface area contributed by atoms with Crippen LogP contribution in [0.5, 0.6) is 0 Å². The van der Waals surface area contributed by atoms with Gasteiger partial charge in [-0.25, -0.2) is 0 Å². The molecule has 2 nitrogen and oxygen atoms in total. The van der Waals surface area contributed by atoms with Gasteiger partial charge in [0.05, 0.1) is 6.67 Å². The Labute approximate surface area is 141 Å². The first-order chi connectivity index (χ1) is 11.0. The highest BCUT2D eigenvalue weighted by Gasteiger charge is 2.22. The third-order valence-electron chi connectivity index (χ3n) is 4.37. The van der Waals surface area contributed by atoms with E-state index in [0.29, 0.717) is 0 Å². The lowest BCUT2D eigenvalue weighted by Gasteiger charge is -2.24. The van der Waals surface area contributed by atoms with Crippen molar-refractivity contribution in [1.82, 2.24) is 0 Å². The molecule has 0 radical (unpaired) electrons. The fraction of sp³-hybridized carbons (Fsp3) is 0.429. The number of aryl methyl sites for hydroxylation is 4. The lowest BCUT2D eigenvalue weighted by atomic mass is 10.1. The number of hydrogen-bond acceptors (Lipinski definition) is 2. The van der Waals surface area contributed by atoms with Crippen LogP contribution in [0.4, 0.5) is 11.4 Å². The van der Waals surface area contributed by atoms with Crippen molar-refractivity contribution in [3.05, 3.63) is 58.7 Å². The third kappa shape index (κ3) is 3.87. The molecule has 0 N–H and O–H groups in total. The van der Waals surface area contributed by atoms with Gasteiger partial charge in [-0.3, -0.25) is 0 Å². The number of anilines is 2. The summed E-state index contributed by atoms with van der Waals surface area (Å²) in [6, 6.07) is 13.5. The van der Waals surface area contributed by atoms with Gasteiger partial charge in [0, 0.05) is 24.5 Å². The maximum Gasteiger partial charge on any atom is 0.0904 e. The van der Waals surface area contributed by atoms with Crippen LogP contribution in [0, 0.1) is 27.7 Å². The first-order valence-corrected chi connectivity index (χ1v) is 8.69. The van der Waals surface area contributed by atoms with Crippen LogP contribution in [0.15, 0.2) is 36.4 Å². The second-order valence-corrected chi connectivity index (χ2v) is 6.25. The monoisotopic (exact) mass is 310 g/mol. The van der Waals surface area contributed by atoms with Crippen LogP contribution >= 0.6 is 0 Å². The Morgan fingerprint density at radius 3 is 1.39 bits per heavy atom. The van der Waals surface area contributed by atoms with E-state index in [9.17, 15) is 0 Å². The Morgan fingerprint density at radius 2 is 1.04 bits per heavy atom. The summed E-state index contributed by atoms with van der Waals surface area (Å²) in [5.74, 6) is 0. The van der Waals surface area contributed by atoms with Crippen molar-refractivity contribution in [3.63, 3.8) is 0 Å². The minimum atomic E-state index is 0.980. The molecule has 0 amide bonds. The van der Waals surface area contributed by atoms with E-state index in [1.165, 1.54) is 33.6 Å². The summed E-state index contributed by atoms with van der Waals surface area (Å²) in [7, 11) is 0. The summed E-state index contributed by atoms with van der Waals surface area (Å²) in [6.07, 6.45) is 0. The molecule has 0 unspecified atom stereocenters. The summed E-state index contributed by atoms with van der Waals surface area (Å²) in [5.41, 5.74) is 8.15. The molecular weight excluding hydrogens is 280 g/mol. The number of nitrogens with zero attached hydrogens (tertiary/aromatic N) is 2. The van der Waals surface area contributed by atoms with Gasteiger partial charge in [0.1, 0.15) is 0 Å². The molecular formula is C21H30N2. The Bertz CT molecular complexity index is 603. The number of benzene rings is 2. The summed E-state index contributed by atoms with van der Waals surface area (Å²) >= 11 is 0. The van der Waals surface area contributed by atoms with E-state index in [0.717, 1.165) is 19.8 Å². The van der Waals surface area contributed by atoms with Crippen LogP contribution in [0.25, 0.3) is 0 Å². The van der Waals surface area contributed by atoms with Crippen molar-refractivity contribution >= 4 is 11.4 Å². The predicted octanol–water partition coefficient (Wildman–Crippen LogP) is 5.23. The Morgan fingerprint density at radius 1 is 0.652 bits per heavy atom. The van der Waals surface area contributed by atoms with Crippen LogP contribution in [0.3, 0.4) is 0 Å². The molecule has 1 aliphatic rings. The minimum Gasteiger partial charge on any atom is -0.352 e. The number of hydrogen-bond donors (Lipinski definition) is 0. The molecule has 0 saturated carbocycles. The second-order valence-electron chi connectivity index (χ2n) is 6.25. The lowest BCUT2D eigenvalue weighted by molar-refractivity contribution is 0.939. The summed E-state index contributed by atoms with van der Waals surface area (Å²) in [6.45, 7) is 15.9. The zero-order valence-electron chi connectivity index (χ0n) is 15.5. The van der Waals surface area contributed by atoms with Crippen molar-refractivity contribution in [3.8, 4) is 0 Å². The molecule has 1 aliphatic heterocycles. The van der Waals surface area contributed by atoms with Crippen LogP contribution < -0.4 is 9.80 Å². The molecule has 2 heteroatoms. The smallest absolute Gasteiger partial charge is 0.0904 e. The molecule has 23 heavy (non-hydrogen) atoms. The zero-order valence-corrected chi connectivity index (χ0v) is 15.5. The van der Waals surface area contributed by atoms with Crippen molar-refractivity contribution in [2.75, 3.05) is 29.6 Å². The maximum atomic E-state index is 2.48. The summed E-state index contributed by atoms with van der Waals surface area (Å²) < 4.78 is 0. The van der Waals surface area contributed by atoms with E-state index in [2.05, 4.69) is 73.9 Å². The van der Waals surface area contributed by atoms with Crippen molar-refractivity contribution in [2.24, 2.45) is 0 Å². The van der Waals surface area contributed by atoms with Gasteiger partial charge in [-0.1, -0.05) is 49.2 Å². The fourth-order valence-electron chi connectivity index (χ4n) is 3.30. The maximum absolute atomic E-state index is 2.48. The molecule has 0 spiro atoms. The van der Waals surface area contributed by atoms with E-state index in [1.54, 1.807) is 0 Å². The van der Waals surface area contributed by atoms with Crippen LogP contribution in [0.2, 0.25) is 0 Å². The van der Waals surface area contributed by atoms with Gasteiger partial charge in [0.15, 0.2) is 0 Å². The normalized spacial score (nSPS) is 13.8.